The first kappa shape index (κ1) is 14.8. The predicted molar refractivity (Wildman–Crippen MR) is 87.0 cm³/mol. The van der Waals surface area contributed by atoms with Crippen LogP contribution in [0.25, 0.3) is 0 Å². The largest absolute Gasteiger partial charge is 0.376 e. The third-order valence-corrected chi connectivity index (χ3v) is 4.68. The third-order valence-electron chi connectivity index (χ3n) is 4.68. The number of nitrogens with one attached hydrogen (secondary N) is 1. The second kappa shape index (κ2) is 7.24. The molecule has 1 fully saturated rings. The zero-order chi connectivity index (χ0) is 14.5. The van der Waals surface area contributed by atoms with Crippen LogP contribution < -0.4 is 5.32 Å². The van der Waals surface area contributed by atoms with Gasteiger partial charge in [-0.2, -0.15) is 0 Å². The average Bonchev–Trinajstić information content (AvgIpc) is 3.32. The van der Waals surface area contributed by atoms with E-state index in [-0.39, 0.29) is 0 Å². The van der Waals surface area contributed by atoms with Crippen LogP contribution in [0.2, 0.25) is 0 Å². The molecule has 1 saturated carbocycles. The molecule has 2 atom stereocenters. The molecule has 2 unspecified atom stereocenters. The molecular weight excluding hydrogens is 258 g/mol. The summed E-state index contributed by atoms with van der Waals surface area (Å²) in [5.41, 5.74) is 2.67. The summed E-state index contributed by atoms with van der Waals surface area (Å²) in [5, 5.41) is 3.57. The molecule has 0 saturated heterocycles. The zero-order valence-electron chi connectivity index (χ0n) is 13.1. The van der Waals surface area contributed by atoms with Gasteiger partial charge in [0, 0.05) is 12.6 Å². The van der Waals surface area contributed by atoms with Crippen LogP contribution in [0.4, 0.5) is 0 Å². The van der Waals surface area contributed by atoms with Crippen LogP contribution in [0.5, 0.6) is 0 Å². The molecule has 0 spiro atoms. The summed E-state index contributed by atoms with van der Waals surface area (Å²) >= 11 is 0. The Balaban J connectivity index is 1.43. The average molecular weight is 285 g/mol. The fraction of sp³-hybridized carbons (Fsp3) is 0.579. The summed E-state index contributed by atoms with van der Waals surface area (Å²) < 4.78 is 5.97. The highest BCUT2D eigenvalue weighted by molar-refractivity contribution is 5.23. The van der Waals surface area contributed by atoms with E-state index in [4.69, 9.17) is 4.74 Å². The highest BCUT2D eigenvalue weighted by atomic mass is 16.5. The minimum absolute atomic E-state index is 0.690. The van der Waals surface area contributed by atoms with E-state index in [1.165, 1.54) is 36.8 Å². The van der Waals surface area contributed by atoms with Crippen LogP contribution in [0.1, 0.15) is 43.7 Å². The lowest BCUT2D eigenvalue weighted by atomic mass is 9.85. The molecule has 114 valence electrons. The lowest BCUT2D eigenvalue weighted by Crippen LogP contribution is -2.19. The van der Waals surface area contributed by atoms with Gasteiger partial charge in [0.15, 0.2) is 0 Å². The lowest BCUT2D eigenvalue weighted by Gasteiger charge is -2.24. The Kier molecular flexibility index (Phi) is 5.10. The van der Waals surface area contributed by atoms with Crippen molar-refractivity contribution in [2.24, 2.45) is 11.8 Å². The molecule has 3 rings (SSSR count). The van der Waals surface area contributed by atoms with Gasteiger partial charge < -0.3 is 10.1 Å². The minimum Gasteiger partial charge on any atom is -0.376 e. The molecule has 1 aromatic carbocycles. The molecule has 2 aliphatic carbocycles. The molecule has 0 amide bonds. The summed E-state index contributed by atoms with van der Waals surface area (Å²) in [4.78, 5) is 0. The topological polar surface area (TPSA) is 21.3 Å². The lowest BCUT2D eigenvalue weighted by molar-refractivity contribution is 0.0680. The van der Waals surface area contributed by atoms with Crippen molar-refractivity contribution in [3.63, 3.8) is 0 Å². The third kappa shape index (κ3) is 4.69. The highest BCUT2D eigenvalue weighted by Crippen LogP contribution is 2.25. The maximum Gasteiger partial charge on any atom is 0.0717 e. The van der Waals surface area contributed by atoms with Crippen molar-refractivity contribution in [2.75, 3.05) is 6.61 Å². The van der Waals surface area contributed by atoms with Crippen molar-refractivity contribution >= 4 is 0 Å². The molecule has 2 heteroatoms. The van der Waals surface area contributed by atoms with Crippen LogP contribution >= 0.6 is 0 Å². The molecular formula is C19H27NO. The number of ether oxygens (including phenoxy) is 1. The summed E-state index contributed by atoms with van der Waals surface area (Å²) in [6.07, 6.45) is 9.67. The number of allylic oxidation sites excluding steroid dienone is 2. The Morgan fingerprint density at radius 2 is 1.95 bits per heavy atom. The molecule has 0 radical (unpaired) electrons. The first-order valence-electron chi connectivity index (χ1n) is 8.35. The van der Waals surface area contributed by atoms with Gasteiger partial charge >= 0.3 is 0 Å². The van der Waals surface area contributed by atoms with Gasteiger partial charge in [0.2, 0.25) is 0 Å². The number of hydrogen-bond donors (Lipinski definition) is 1. The normalized spacial score (nSPS) is 25.2. The molecule has 1 aromatic rings. The van der Waals surface area contributed by atoms with E-state index >= 15 is 0 Å². The predicted octanol–water partition coefficient (Wildman–Crippen LogP) is 4.06. The van der Waals surface area contributed by atoms with E-state index in [0.29, 0.717) is 5.92 Å². The molecule has 0 heterocycles. The number of hydrogen-bond acceptors (Lipinski definition) is 2. The molecule has 21 heavy (non-hydrogen) atoms. The van der Waals surface area contributed by atoms with Crippen molar-refractivity contribution in [1.29, 1.82) is 0 Å². The quantitative estimate of drug-likeness (QED) is 0.763. The summed E-state index contributed by atoms with van der Waals surface area (Å²) in [6.45, 7) is 4.95. The maximum atomic E-state index is 5.97. The van der Waals surface area contributed by atoms with E-state index in [2.05, 4.69) is 48.7 Å². The Labute approximate surface area is 128 Å². The number of rotatable bonds is 7. The van der Waals surface area contributed by atoms with Crippen molar-refractivity contribution in [2.45, 2.75) is 51.8 Å². The van der Waals surface area contributed by atoms with Crippen LogP contribution in [0, 0.1) is 11.8 Å². The van der Waals surface area contributed by atoms with Gasteiger partial charge in [0.1, 0.15) is 0 Å². The second-order valence-corrected chi connectivity index (χ2v) is 6.67. The van der Waals surface area contributed by atoms with Gasteiger partial charge in [-0.25, -0.2) is 0 Å². The van der Waals surface area contributed by atoms with Crippen molar-refractivity contribution < 1.29 is 4.74 Å². The smallest absolute Gasteiger partial charge is 0.0717 e. The monoisotopic (exact) mass is 285 g/mol. The van der Waals surface area contributed by atoms with E-state index in [9.17, 15) is 0 Å². The molecule has 0 bridgehead atoms. The van der Waals surface area contributed by atoms with Crippen LogP contribution in [-0.4, -0.2) is 12.6 Å². The van der Waals surface area contributed by atoms with Gasteiger partial charge in [0.25, 0.3) is 0 Å². The summed E-state index contributed by atoms with van der Waals surface area (Å²) in [6, 6.07) is 9.57. The SMILES string of the molecule is CC1CC=CCC1COCc1cccc(CNC2CC2)c1. The van der Waals surface area contributed by atoms with Gasteiger partial charge in [-0.3, -0.25) is 0 Å². The molecule has 0 aromatic heterocycles. The van der Waals surface area contributed by atoms with E-state index in [1.807, 2.05) is 0 Å². The van der Waals surface area contributed by atoms with Gasteiger partial charge in [-0.1, -0.05) is 43.3 Å². The van der Waals surface area contributed by atoms with Gasteiger partial charge in [-0.15, -0.1) is 0 Å². The van der Waals surface area contributed by atoms with Crippen molar-refractivity contribution in [3.05, 3.63) is 47.5 Å². The second-order valence-electron chi connectivity index (χ2n) is 6.67. The fourth-order valence-electron chi connectivity index (χ4n) is 2.95. The Bertz CT molecular complexity index is 478. The van der Waals surface area contributed by atoms with Crippen LogP contribution in [0.3, 0.4) is 0 Å². The Hall–Kier alpha value is -1.12. The molecule has 2 nitrogen and oxygen atoms in total. The Morgan fingerprint density at radius 3 is 2.76 bits per heavy atom. The molecule has 1 N–H and O–H groups in total. The van der Waals surface area contributed by atoms with Crippen LogP contribution in [-0.2, 0) is 17.9 Å². The van der Waals surface area contributed by atoms with E-state index in [1.54, 1.807) is 0 Å². The maximum absolute atomic E-state index is 5.97. The molecule has 2 aliphatic rings. The Morgan fingerprint density at radius 1 is 1.14 bits per heavy atom. The van der Waals surface area contributed by atoms with Gasteiger partial charge in [-0.05, 0) is 48.6 Å². The fourth-order valence-corrected chi connectivity index (χ4v) is 2.95. The molecule has 0 aliphatic heterocycles. The number of benzene rings is 1. The first-order chi connectivity index (χ1) is 10.3. The summed E-state index contributed by atoms with van der Waals surface area (Å²) in [5.74, 6) is 1.44. The van der Waals surface area contributed by atoms with Crippen molar-refractivity contribution in [3.8, 4) is 0 Å². The zero-order valence-corrected chi connectivity index (χ0v) is 13.1. The first-order valence-corrected chi connectivity index (χ1v) is 8.35. The van der Waals surface area contributed by atoms with Gasteiger partial charge in [0.05, 0.1) is 13.2 Å². The minimum atomic E-state index is 0.690. The summed E-state index contributed by atoms with van der Waals surface area (Å²) in [7, 11) is 0. The standard InChI is InChI=1S/C19H27NO/c1-15-5-2-3-8-18(15)14-21-13-17-7-4-6-16(11-17)12-20-19-9-10-19/h2-4,6-7,11,15,18-20H,5,8-10,12-14H2,1H3. The van der Waals surface area contributed by atoms with Crippen LogP contribution in [0.15, 0.2) is 36.4 Å². The highest BCUT2D eigenvalue weighted by Gasteiger charge is 2.20. The van der Waals surface area contributed by atoms with E-state index in [0.717, 1.165) is 31.7 Å². The van der Waals surface area contributed by atoms with Crippen molar-refractivity contribution in [1.82, 2.24) is 5.32 Å². The van der Waals surface area contributed by atoms with E-state index < -0.39 is 0 Å².